The zero-order valence-corrected chi connectivity index (χ0v) is 11.7. The van der Waals surface area contributed by atoms with Gasteiger partial charge in [-0.2, -0.15) is 0 Å². The molecule has 1 rings (SSSR count). The largest absolute Gasteiger partial charge is 0.355 e. The van der Waals surface area contributed by atoms with Gasteiger partial charge in [0.1, 0.15) is 0 Å². The van der Waals surface area contributed by atoms with Gasteiger partial charge in [0, 0.05) is 13.1 Å². The lowest BCUT2D eigenvalue weighted by Gasteiger charge is -2.37. The molecule has 104 valence electrons. The molecule has 1 heterocycles. The third-order valence-corrected chi connectivity index (χ3v) is 3.47. The first-order valence-corrected chi connectivity index (χ1v) is 6.84. The molecular weight excluding hydrogens is 230 g/mol. The third-order valence-electron chi connectivity index (χ3n) is 3.47. The Morgan fingerprint density at radius 2 is 2.06 bits per heavy atom. The fourth-order valence-electron chi connectivity index (χ4n) is 2.34. The van der Waals surface area contributed by atoms with Gasteiger partial charge in [-0.1, -0.05) is 0 Å². The Labute approximate surface area is 109 Å². The molecule has 0 aromatic heterocycles. The molecule has 0 spiro atoms. The average Bonchev–Trinajstić information content (AvgIpc) is 2.36. The van der Waals surface area contributed by atoms with Crippen LogP contribution in [0.15, 0.2) is 0 Å². The second-order valence-corrected chi connectivity index (χ2v) is 4.99. The Bertz CT molecular complexity index is 299. The van der Waals surface area contributed by atoms with Gasteiger partial charge in [0.25, 0.3) is 0 Å². The Morgan fingerprint density at radius 3 is 2.56 bits per heavy atom. The van der Waals surface area contributed by atoms with Crippen molar-refractivity contribution in [1.29, 1.82) is 0 Å². The summed E-state index contributed by atoms with van der Waals surface area (Å²) in [4.78, 5) is 25.7. The molecule has 1 atom stereocenters. The van der Waals surface area contributed by atoms with Crippen molar-refractivity contribution >= 4 is 11.8 Å². The summed E-state index contributed by atoms with van der Waals surface area (Å²) >= 11 is 0. The number of likely N-dealkylation sites (N-methyl/N-ethyl adjacent to an activating group) is 2. The molecule has 0 saturated carbocycles. The first-order valence-electron chi connectivity index (χ1n) is 6.84. The van der Waals surface area contributed by atoms with Crippen LogP contribution < -0.4 is 10.6 Å². The molecular formula is C13H25N3O2. The minimum Gasteiger partial charge on any atom is -0.355 e. The van der Waals surface area contributed by atoms with Gasteiger partial charge in [-0.15, -0.1) is 0 Å². The summed E-state index contributed by atoms with van der Waals surface area (Å²) in [5.41, 5.74) is -0.499. The smallest absolute Gasteiger partial charge is 0.243 e. The number of amides is 2. The summed E-state index contributed by atoms with van der Waals surface area (Å²) in [6, 6.07) is 0. The first kappa shape index (κ1) is 15.0. The number of carbonyl (C=O) groups excluding carboxylic acids is 2. The topological polar surface area (TPSA) is 61.4 Å². The van der Waals surface area contributed by atoms with Gasteiger partial charge in [-0.05, 0) is 46.6 Å². The zero-order valence-electron chi connectivity index (χ0n) is 11.7. The van der Waals surface area contributed by atoms with Gasteiger partial charge in [0.05, 0.1) is 12.1 Å². The molecule has 2 amide bonds. The summed E-state index contributed by atoms with van der Waals surface area (Å²) in [7, 11) is 0. The second-order valence-electron chi connectivity index (χ2n) is 4.99. The molecule has 18 heavy (non-hydrogen) atoms. The molecule has 0 aromatic rings. The molecule has 1 aliphatic rings. The Hall–Kier alpha value is -1.10. The van der Waals surface area contributed by atoms with Crippen molar-refractivity contribution in [3.63, 3.8) is 0 Å². The highest BCUT2D eigenvalue weighted by Crippen LogP contribution is 2.21. The van der Waals surface area contributed by atoms with E-state index in [0.717, 1.165) is 25.8 Å². The van der Waals surface area contributed by atoms with Gasteiger partial charge >= 0.3 is 0 Å². The molecule has 5 nitrogen and oxygen atoms in total. The number of hydrogen-bond acceptors (Lipinski definition) is 3. The third kappa shape index (κ3) is 3.70. The van der Waals surface area contributed by atoms with Crippen LogP contribution >= 0.6 is 0 Å². The Kier molecular flexibility index (Phi) is 5.59. The molecule has 1 fully saturated rings. The monoisotopic (exact) mass is 255 g/mol. The molecule has 0 bridgehead atoms. The maximum Gasteiger partial charge on any atom is 0.243 e. The Balaban J connectivity index is 2.63. The van der Waals surface area contributed by atoms with Gasteiger partial charge in [-0.3, -0.25) is 9.59 Å². The lowest BCUT2D eigenvalue weighted by atomic mass is 9.89. The van der Waals surface area contributed by atoms with Crippen LogP contribution in [0.25, 0.3) is 0 Å². The molecule has 1 saturated heterocycles. The zero-order chi connectivity index (χ0) is 13.6. The predicted molar refractivity (Wildman–Crippen MR) is 71.2 cm³/mol. The van der Waals surface area contributed by atoms with Crippen LogP contribution in [0, 0.1) is 0 Å². The minimum absolute atomic E-state index is 0.0379. The normalized spacial score (nSPS) is 23.5. The highest BCUT2D eigenvalue weighted by Gasteiger charge is 2.37. The molecule has 0 aliphatic carbocycles. The van der Waals surface area contributed by atoms with E-state index < -0.39 is 5.54 Å². The van der Waals surface area contributed by atoms with Crippen molar-refractivity contribution in [2.75, 3.05) is 26.2 Å². The highest BCUT2D eigenvalue weighted by molar-refractivity contribution is 5.90. The van der Waals surface area contributed by atoms with Crippen molar-refractivity contribution in [3.05, 3.63) is 0 Å². The number of carbonyl (C=O) groups is 2. The molecule has 1 unspecified atom stereocenters. The van der Waals surface area contributed by atoms with E-state index in [1.54, 1.807) is 4.90 Å². The van der Waals surface area contributed by atoms with Crippen molar-refractivity contribution in [2.45, 2.75) is 45.6 Å². The molecule has 5 heteroatoms. The van der Waals surface area contributed by atoms with E-state index in [2.05, 4.69) is 10.6 Å². The van der Waals surface area contributed by atoms with E-state index in [4.69, 9.17) is 0 Å². The second kappa shape index (κ2) is 6.73. The summed E-state index contributed by atoms with van der Waals surface area (Å²) < 4.78 is 0. The van der Waals surface area contributed by atoms with E-state index in [1.807, 2.05) is 20.8 Å². The van der Waals surface area contributed by atoms with Gasteiger partial charge in [-0.25, -0.2) is 0 Å². The molecule has 1 aliphatic heterocycles. The van der Waals surface area contributed by atoms with E-state index in [-0.39, 0.29) is 18.4 Å². The van der Waals surface area contributed by atoms with Crippen LogP contribution in [0.3, 0.4) is 0 Å². The fourth-order valence-corrected chi connectivity index (χ4v) is 2.34. The van der Waals surface area contributed by atoms with E-state index >= 15 is 0 Å². The van der Waals surface area contributed by atoms with E-state index in [1.165, 1.54) is 0 Å². The van der Waals surface area contributed by atoms with Gasteiger partial charge in [0.2, 0.25) is 11.8 Å². The predicted octanol–water partition coefficient (Wildman–Crippen LogP) is 0.503. The van der Waals surface area contributed by atoms with Crippen LogP contribution in [-0.4, -0.2) is 48.4 Å². The van der Waals surface area contributed by atoms with Crippen molar-refractivity contribution in [3.8, 4) is 0 Å². The average molecular weight is 255 g/mol. The summed E-state index contributed by atoms with van der Waals surface area (Å²) in [6.45, 7) is 7.91. The number of nitrogens with one attached hydrogen (secondary N) is 2. The number of piperidine rings is 1. The standard InChI is InChI=1S/C13H25N3O2/c1-4-14-11(17)10-16(5-2)12(18)13(3)8-6-7-9-15-13/h15H,4-10H2,1-3H3,(H,14,17). The van der Waals surface area contributed by atoms with E-state index in [9.17, 15) is 9.59 Å². The van der Waals surface area contributed by atoms with Crippen LogP contribution in [0.1, 0.15) is 40.0 Å². The van der Waals surface area contributed by atoms with Crippen LogP contribution in [-0.2, 0) is 9.59 Å². The molecule has 0 radical (unpaired) electrons. The van der Waals surface area contributed by atoms with Crippen molar-refractivity contribution < 1.29 is 9.59 Å². The van der Waals surface area contributed by atoms with Crippen LogP contribution in [0.2, 0.25) is 0 Å². The minimum atomic E-state index is -0.499. The maximum absolute atomic E-state index is 12.5. The van der Waals surface area contributed by atoms with E-state index in [0.29, 0.717) is 13.1 Å². The number of hydrogen-bond donors (Lipinski definition) is 2. The fraction of sp³-hybridized carbons (Fsp3) is 0.846. The maximum atomic E-state index is 12.5. The summed E-state index contributed by atoms with van der Waals surface area (Å²) in [5.74, 6) is -0.0527. The highest BCUT2D eigenvalue weighted by atomic mass is 16.2. The molecule has 2 N–H and O–H groups in total. The molecule has 0 aromatic carbocycles. The number of rotatable bonds is 5. The van der Waals surface area contributed by atoms with Crippen LogP contribution in [0.4, 0.5) is 0 Å². The van der Waals surface area contributed by atoms with Crippen LogP contribution in [0.5, 0.6) is 0 Å². The number of nitrogens with zero attached hydrogens (tertiary/aromatic N) is 1. The first-order chi connectivity index (χ1) is 8.53. The van der Waals surface area contributed by atoms with Crippen molar-refractivity contribution in [1.82, 2.24) is 15.5 Å². The summed E-state index contributed by atoms with van der Waals surface area (Å²) in [5, 5.41) is 6.02. The van der Waals surface area contributed by atoms with Gasteiger partial charge < -0.3 is 15.5 Å². The lowest BCUT2D eigenvalue weighted by molar-refractivity contribution is -0.141. The lowest BCUT2D eigenvalue weighted by Crippen LogP contribution is -2.59. The van der Waals surface area contributed by atoms with Crippen molar-refractivity contribution in [2.24, 2.45) is 0 Å². The SMILES string of the molecule is CCNC(=O)CN(CC)C(=O)C1(C)CCCCN1. The Morgan fingerprint density at radius 1 is 1.33 bits per heavy atom. The summed E-state index contributed by atoms with van der Waals surface area (Å²) in [6.07, 6.45) is 3.02. The quantitative estimate of drug-likeness (QED) is 0.752. The van der Waals surface area contributed by atoms with Gasteiger partial charge in [0.15, 0.2) is 0 Å².